The Balaban J connectivity index is 0.00000320. The van der Waals surface area contributed by atoms with E-state index in [0.717, 1.165) is 29.8 Å². The topological polar surface area (TPSA) is 85.8 Å². The van der Waals surface area contributed by atoms with Crippen molar-refractivity contribution in [2.75, 3.05) is 25.5 Å². The third-order valence-electron chi connectivity index (χ3n) is 4.88. The SMILES string of the molecule is CN=C(NCc1ccc(N2CCCC2=O)cc1)NCc1cccc(C(=O)NC)c1.I. The molecule has 8 heteroatoms. The third kappa shape index (κ3) is 6.19. The maximum atomic E-state index is 11.8. The summed E-state index contributed by atoms with van der Waals surface area (Å²) in [6, 6.07) is 15.5. The zero-order valence-electron chi connectivity index (χ0n) is 17.3. The van der Waals surface area contributed by atoms with Crippen molar-refractivity contribution in [1.82, 2.24) is 16.0 Å². The normalized spacial score (nSPS) is 13.6. The Labute approximate surface area is 194 Å². The van der Waals surface area contributed by atoms with Crippen LogP contribution in [0.3, 0.4) is 0 Å². The van der Waals surface area contributed by atoms with Crippen molar-refractivity contribution in [3.63, 3.8) is 0 Å². The molecule has 0 aromatic heterocycles. The van der Waals surface area contributed by atoms with E-state index in [4.69, 9.17) is 0 Å². The number of hydrogen-bond donors (Lipinski definition) is 3. The Kier molecular flexibility index (Phi) is 9.10. The second-order valence-electron chi connectivity index (χ2n) is 6.87. The number of halogens is 1. The first-order chi connectivity index (χ1) is 14.1. The van der Waals surface area contributed by atoms with Gasteiger partial charge in [0.05, 0.1) is 0 Å². The van der Waals surface area contributed by atoms with Crippen LogP contribution in [0.25, 0.3) is 0 Å². The molecule has 1 saturated heterocycles. The van der Waals surface area contributed by atoms with E-state index in [1.54, 1.807) is 20.2 Å². The zero-order valence-corrected chi connectivity index (χ0v) is 19.6. The first kappa shape index (κ1) is 23.7. The first-order valence-electron chi connectivity index (χ1n) is 9.75. The lowest BCUT2D eigenvalue weighted by Crippen LogP contribution is -2.36. The van der Waals surface area contributed by atoms with E-state index < -0.39 is 0 Å². The molecule has 0 unspecified atom stereocenters. The predicted molar refractivity (Wildman–Crippen MR) is 130 cm³/mol. The van der Waals surface area contributed by atoms with E-state index >= 15 is 0 Å². The Morgan fingerprint density at radius 2 is 1.77 bits per heavy atom. The molecule has 2 aromatic rings. The van der Waals surface area contributed by atoms with Crippen LogP contribution in [0.1, 0.15) is 34.3 Å². The standard InChI is InChI=1S/C22H27N5O2.HI/c1-23-21(29)18-6-3-5-17(13-18)15-26-22(24-2)25-14-16-8-10-19(11-9-16)27-12-4-7-20(27)28;/h3,5-6,8-11,13H,4,7,12,14-15H2,1-2H3,(H,23,29)(H2,24,25,26);1H. The fourth-order valence-corrected chi connectivity index (χ4v) is 3.27. The Hall–Kier alpha value is -2.62. The molecule has 3 N–H and O–H groups in total. The van der Waals surface area contributed by atoms with Gasteiger partial charge in [-0.25, -0.2) is 0 Å². The summed E-state index contributed by atoms with van der Waals surface area (Å²) in [6.07, 6.45) is 1.56. The van der Waals surface area contributed by atoms with Crippen LogP contribution >= 0.6 is 24.0 Å². The van der Waals surface area contributed by atoms with Gasteiger partial charge in [-0.2, -0.15) is 0 Å². The van der Waals surface area contributed by atoms with Crippen LogP contribution in [0.2, 0.25) is 0 Å². The monoisotopic (exact) mass is 521 g/mol. The molecule has 30 heavy (non-hydrogen) atoms. The van der Waals surface area contributed by atoms with E-state index in [1.165, 1.54) is 0 Å². The minimum absolute atomic E-state index is 0. The van der Waals surface area contributed by atoms with Gasteiger partial charge < -0.3 is 20.9 Å². The molecule has 0 aliphatic carbocycles. The summed E-state index contributed by atoms with van der Waals surface area (Å²) >= 11 is 0. The van der Waals surface area contributed by atoms with E-state index in [-0.39, 0.29) is 35.8 Å². The first-order valence-corrected chi connectivity index (χ1v) is 9.75. The van der Waals surface area contributed by atoms with E-state index in [0.29, 0.717) is 31.0 Å². The van der Waals surface area contributed by atoms with Gasteiger partial charge in [0.1, 0.15) is 0 Å². The van der Waals surface area contributed by atoms with Gasteiger partial charge in [0.15, 0.2) is 5.96 Å². The molecule has 3 rings (SSSR count). The molecule has 0 spiro atoms. The molecule has 2 amide bonds. The summed E-state index contributed by atoms with van der Waals surface area (Å²) in [6.45, 7) is 1.97. The molecule has 0 bridgehead atoms. The minimum Gasteiger partial charge on any atom is -0.355 e. The molecule has 7 nitrogen and oxygen atoms in total. The predicted octanol–water partition coefficient (Wildman–Crippen LogP) is 2.66. The van der Waals surface area contributed by atoms with Crippen LogP contribution in [0.15, 0.2) is 53.5 Å². The van der Waals surface area contributed by atoms with Crippen molar-refractivity contribution in [2.24, 2.45) is 4.99 Å². The van der Waals surface area contributed by atoms with Gasteiger partial charge in [-0.1, -0.05) is 24.3 Å². The van der Waals surface area contributed by atoms with Crippen LogP contribution in [0, 0.1) is 0 Å². The molecule has 1 fully saturated rings. The number of aliphatic imine (C=N–C) groups is 1. The van der Waals surface area contributed by atoms with Gasteiger partial charge in [0.25, 0.3) is 5.91 Å². The second kappa shape index (κ2) is 11.5. The highest BCUT2D eigenvalue weighted by Gasteiger charge is 2.21. The molecule has 2 aromatic carbocycles. The van der Waals surface area contributed by atoms with E-state index in [2.05, 4.69) is 20.9 Å². The van der Waals surface area contributed by atoms with E-state index in [1.807, 2.05) is 47.4 Å². The molecular formula is C22H28IN5O2. The summed E-state index contributed by atoms with van der Waals surface area (Å²) in [5.41, 5.74) is 3.68. The Morgan fingerprint density at radius 1 is 1.07 bits per heavy atom. The lowest BCUT2D eigenvalue weighted by molar-refractivity contribution is -0.117. The number of hydrogen-bond acceptors (Lipinski definition) is 3. The van der Waals surface area contributed by atoms with Crippen molar-refractivity contribution < 1.29 is 9.59 Å². The van der Waals surface area contributed by atoms with Crippen molar-refractivity contribution in [2.45, 2.75) is 25.9 Å². The van der Waals surface area contributed by atoms with Crippen LogP contribution in [-0.2, 0) is 17.9 Å². The van der Waals surface area contributed by atoms with Gasteiger partial charge in [-0.3, -0.25) is 14.6 Å². The summed E-state index contributed by atoms with van der Waals surface area (Å²) in [5.74, 6) is 0.767. The average Bonchev–Trinajstić information content (AvgIpc) is 3.19. The number of benzene rings is 2. The Bertz CT molecular complexity index is 899. The van der Waals surface area contributed by atoms with Gasteiger partial charge in [-0.05, 0) is 41.8 Å². The number of rotatable bonds is 6. The van der Waals surface area contributed by atoms with Crippen molar-refractivity contribution in [3.05, 3.63) is 65.2 Å². The number of amides is 2. The number of nitrogens with one attached hydrogen (secondary N) is 3. The summed E-state index contributed by atoms with van der Waals surface area (Å²) in [4.78, 5) is 29.7. The lowest BCUT2D eigenvalue weighted by atomic mass is 10.1. The highest BCUT2D eigenvalue weighted by Crippen LogP contribution is 2.21. The van der Waals surface area contributed by atoms with Gasteiger partial charge in [-0.15, -0.1) is 24.0 Å². The van der Waals surface area contributed by atoms with Crippen molar-refractivity contribution in [1.29, 1.82) is 0 Å². The van der Waals surface area contributed by atoms with Gasteiger partial charge >= 0.3 is 0 Å². The fourth-order valence-electron chi connectivity index (χ4n) is 3.27. The summed E-state index contributed by atoms with van der Waals surface area (Å²) in [7, 11) is 3.34. The third-order valence-corrected chi connectivity index (χ3v) is 4.88. The molecule has 1 aliphatic heterocycles. The molecule has 0 atom stereocenters. The van der Waals surface area contributed by atoms with Crippen molar-refractivity contribution >= 4 is 47.4 Å². The summed E-state index contributed by atoms with van der Waals surface area (Å²) < 4.78 is 0. The second-order valence-corrected chi connectivity index (χ2v) is 6.87. The van der Waals surface area contributed by atoms with Gasteiger partial charge in [0.2, 0.25) is 5.91 Å². The highest BCUT2D eigenvalue weighted by atomic mass is 127. The van der Waals surface area contributed by atoms with Crippen LogP contribution < -0.4 is 20.9 Å². The molecule has 1 heterocycles. The quantitative estimate of drug-likeness (QED) is 0.310. The zero-order chi connectivity index (χ0) is 20.6. The van der Waals surface area contributed by atoms with Crippen molar-refractivity contribution in [3.8, 4) is 0 Å². The van der Waals surface area contributed by atoms with Crippen LogP contribution in [0.4, 0.5) is 5.69 Å². The van der Waals surface area contributed by atoms with E-state index in [9.17, 15) is 9.59 Å². The van der Waals surface area contributed by atoms with Crippen LogP contribution in [0.5, 0.6) is 0 Å². The number of carbonyl (C=O) groups is 2. The summed E-state index contributed by atoms with van der Waals surface area (Å²) in [5, 5.41) is 9.17. The molecule has 160 valence electrons. The molecule has 0 radical (unpaired) electrons. The molecule has 1 aliphatic rings. The highest BCUT2D eigenvalue weighted by molar-refractivity contribution is 14.0. The number of carbonyl (C=O) groups excluding carboxylic acids is 2. The molecule has 0 saturated carbocycles. The fraction of sp³-hybridized carbons (Fsp3) is 0.318. The maximum absolute atomic E-state index is 11.8. The average molecular weight is 521 g/mol. The van der Waals surface area contributed by atoms with Gasteiger partial charge in [0, 0.05) is 51.4 Å². The number of nitrogens with zero attached hydrogens (tertiary/aromatic N) is 2. The largest absolute Gasteiger partial charge is 0.355 e. The number of anilines is 1. The maximum Gasteiger partial charge on any atom is 0.251 e. The number of guanidine groups is 1. The molecular weight excluding hydrogens is 493 g/mol. The lowest BCUT2D eigenvalue weighted by Gasteiger charge is -2.16. The van der Waals surface area contributed by atoms with Crippen LogP contribution in [-0.4, -0.2) is 38.4 Å². The minimum atomic E-state index is -0.103. The smallest absolute Gasteiger partial charge is 0.251 e. The Morgan fingerprint density at radius 3 is 2.37 bits per heavy atom.